The Hall–Kier alpha value is -4.77. The lowest BCUT2D eigenvalue weighted by Gasteiger charge is -2.27. The van der Waals surface area contributed by atoms with Crippen LogP contribution in [0.25, 0.3) is 22.4 Å². The summed E-state index contributed by atoms with van der Waals surface area (Å²) >= 11 is 0. The fraction of sp³-hybridized carbons (Fsp3) is 0.200. The minimum absolute atomic E-state index is 0.0272. The maximum absolute atomic E-state index is 15.3. The predicted molar refractivity (Wildman–Crippen MR) is 142 cm³/mol. The number of carboxylic acids is 1. The number of ether oxygens (including phenoxy) is 2. The van der Waals surface area contributed by atoms with Crippen LogP contribution in [0.5, 0.6) is 5.88 Å². The average molecular weight is 561 g/mol. The van der Waals surface area contributed by atoms with Crippen LogP contribution in [0.3, 0.4) is 0 Å². The second-order valence-electron chi connectivity index (χ2n) is 9.64. The number of carbonyl (C=O) groups is 1. The summed E-state index contributed by atoms with van der Waals surface area (Å²) in [5.41, 5.74) is 2.28. The third-order valence-corrected chi connectivity index (χ3v) is 6.86. The molecule has 0 amide bonds. The molecule has 0 spiro atoms. The number of carboxylic acid groups (broad SMARTS) is 1. The van der Waals surface area contributed by atoms with Crippen molar-refractivity contribution in [3.63, 3.8) is 0 Å². The second-order valence-corrected chi connectivity index (χ2v) is 9.64. The molecule has 1 atom stereocenters. The highest BCUT2D eigenvalue weighted by Crippen LogP contribution is 2.27. The number of imidazole rings is 1. The molecule has 0 bridgehead atoms. The van der Waals surface area contributed by atoms with E-state index < -0.39 is 23.4 Å². The second kappa shape index (κ2) is 11.0. The van der Waals surface area contributed by atoms with Gasteiger partial charge in [0.15, 0.2) is 11.3 Å². The van der Waals surface area contributed by atoms with Crippen LogP contribution in [0, 0.1) is 17.5 Å². The highest BCUT2D eigenvalue weighted by molar-refractivity contribution is 5.88. The van der Waals surface area contributed by atoms with Gasteiger partial charge >= 0.3 is 5.97 Å². The summed E-state index contributed by atoms with van der Waals surface area (Å²) < 4.78 is 55.4. The Kier molecular flexibility index (Phi) is 7.10. The number of fused-ring (bicyclic) bond motifs is 1. The number of halogens is 3. The number of nitrogens with zero attached hydrogens (tertiary/aromatic N) is 4. The van der Waals surface area contributed by atoms with E-state index in [0.717, 1.165) is 18.6 Å². The standard InChI is InChI=1S/C30H23F3N4O4/c31-19-6-5-18(22(32)14-19)16-41-28-3-1-2-24(35-28)21-7-4-17(12-23(21)33)13-27-34-25-8-9-26(30(38)39)36-29(25)37(27)15-20-10-11-40-20/h1-9,12,14,20H,10-11,13,15-16H2,(H,38,39)/t20-/m0/s1. The van der Waals surface area contributed by atoms with Gasteiger partial charge in [0, 0.05) is 36.3 Å². The molecular weight excluding hydrogens is 537 g/mol. The Morgan fingerprint density at radius 2 is 1.85 bits per heavy atom. The highest BCUT2D eigenvalue weighted by atomic mass is 19.1. The van der Waals surface area contributed by atoms with Crippen LogP contribution >= 0.6 is 0 Å². The minimum atomic E-state index is -1.13. The molecule has 0 radical (unpaired) electrons. The number of hydrogen-bond acceptors (Lipinski definition) is 6. The van der Waals surface area contributed by atoms with E-state index in [4.69, 9.17) is 9.47 Å². The number of benzene rings is 2. The molecule has 1 fully saturated rings. The fourth-order valence-electron chi connectivity index (χ4n) is 4.62. The number of pyridine rings is 2. The van der Waals surface area contributed by atoms with Crippen LogP contribution < -0.4 is 4.74 Å². The first-order valence-electron chi connectivity index (χ1n) is 12.9. The van der Waals surface area contributed by atoms with E-state index in [0.29, 0.717) is 41.4 Å². The van der Waals surface area contributed by atoms with Crippen molar-refractivity contribution in [1.29, 1.82) is 0 Å². The number of hydrogen-bond donors (Lipinski definition) is 1. The van der Waals surface area contributed by atoms with Crippen LogP contribution in [0.1, 0.15) is 33.9 Å². The Bertz CT molecular complexity index is 1770. The molecule has 5 aromatic rings. The van der Waals surface area contributed by atoms with Gasteiger partial charge in [0.2, 0.25) is 5.88 Å². The van der Waals surface area contributed by atoms with Crippen LogP contribution in [0.2, 0.25) is 0 Å². The topological polar surface area (TPSA) is 99.4 Å². The van der Waals surface area contributed by atoms with Crippen LogP contribution in [-0.4, -0.2) is 43.3 Å². The number of rotatable bonds is 9. The molecule has 0 unspecified atom stereocenters. The van der Waals surface area contributed by atoms with Crippen molar-refractivity contribution >= 4 is 17.1 Å². The van der Waals surface area contributed by atoms with Crippen molar-refractivity contribution in [1.82, 2.24) is 19.5 Å². The molecule has 1 aliphatic heterocycles. The molecule has 1 saturated heterocycles. The summed E-state index contributed by atoms with van der Waals surface area (Å²) in [4.78, 5) is 24.8. The first kappa shape index (κ1) is 26.5. The molecule has 1 N–H and O–H groups in total. The molecule has 2 aromatic carbocycles. The van der Waals surface area contributed by atoms with Gasteiger partial charge in [-0.15, -0.1) is 0 Å². The largest absolute Gasteiger partial charge is 0.477 e. The van der Waals surface area contributed by atoms with E-state index in [1.54, 1.807) is 36.4 Å². The van der Waals surface area contributed by atoms with Crippen LogP contribution in [-0.2, 0) is 24.3 Å². The van der Waals surface area contributed by atoms with Gasteiger partial charge in [-0.05, 0) is 54.4 Å². The molecule has 0 saturated carbocycles. The lowest BCUT2D eigenvalue weighted by Crippen LogP contribution is -2.32. The molecule has 3 aromatic heterocycles. The summed E-state index contributed by atoms with van der Waals surface area (Å²) in [5, 5.41) is 9.39. The van der Waals surface area contributed by atoms with Crippen molar-refractivity contribution < 1.29 is 32.5 Å². The van der Waals surface area contributed by atoms with E-state index in [9.17, 15) is 18.7 Å². The Morgan fingerprint density at radius 3 is 2.59 bits per heavy atom. The van der Waals surface area contributed by atoms with Crippen molar-refractivity contribution in [2.24, 2.45) is 0 Å². The molecule has 208 valence electrons. The van der Waals surface area contributed by atoms with E-state index in [1.807, 2.05) is 4.57 Å². The Labute approximate surface area is 232 Å². The maximum atomic E-state index is 15.3. The van der Waals surface area contributed by atoms with Crippen molar-refractivity contribution in [2.75, 3.05) is 6.61 Å². The fourth-order valence-corrected chi connectivity index (χ4v) is 4.62. The maximum Gasteiger partial charge on any atom is 0.354 e. The molecule has 41 heavy (non-hydrogen) atoms. The Balaban J connectivity index is 1.23. The molecule has 1 aliphatic rings. The number of aromatic nitrogens is 4. The van der Waals surface area contributed by atoms with E-state index in [1.165, 1.54) is 18.2 Å². The summed E-state index contributed by atoms with van der Waals surface area (Å²) in [7, 11) is 0. The van der Waals surface area contributed by atoms with E-state index >= 15 is 4.39 Å². The molecule has 6 rings (SSSR count). The third-order valence-electron chi connectivity index (χ3n) is 6.86. The average Bonchev–Trinajstić information content (AvgIpc) is 3.26. The summed E-state index contributed by atoms with van der Waals surface area (Å²) in [5.74, 6) is -2.28. The molecular formula is C30H23F3N4O4. The van der Waals surface area contributed by atoms with Crippen LogP contribution in [0.4, 0.5) is 13.2 Å². The van der Waals surface area contributed by atoms with Gasteiger partial charge < -0.3 is 19.1 Å². The molecule has 0 aliphatic carbocycles. The monoisotopic (exact) mass is 560 g/mol. The zero-order valence-electron chi connectivity index (χ0n) is 21.6. The summed E-state index contributed by atoms with van der Waals surface area (Å²) in [6, 6.07) is 15.9. The SMILES string of the molecule is O=C(O)c1ccc2nc(Cc3ccc(-c4cccc(OCc5ccc(F)cc5F)n4)c(F)c3)n(C[C@@H]3CCO3)c2n1. The van der Waals surface area contributed by atoms with Gasteiger partial charge in [-0.25, -0.2) is 32.9 Å². The van der Waals surface area contributed by atoms with Gasteiger partial charge in [0.1, 0.15) is 35.4 Å². The zero-order valence-corrected chi connectivity index (χ0v) is 21.6. The summed E-state index contributed by atoms with van der Waals surface area (Å²) in [6.07, 6.45) is 1.12. The highest BCUT2D eigenvalue weighted by Gasteiger charge is 2.23. The normalized spacial score (nSPS) is 14.7. The van der Waals surface area contributed by atoms with E-state index in [2.05, 4.69) is 15.0 Å². The van der Waals surface area contributed by atoms with Crippen molar-refractivity contribution in [3.8, 4) is 17.1 Å². The lowest BCUT2D eigenvalue weighted by atomic mass is 10.1. The summed E-state index contributed by atoms with van der Waals surface area (Å²) in [6.45, 7) is 0.956. The first-order valence-corrected chi connectivity index (χ1v) is 12.9. The molecule has 11 heteroatoms. The van der Waals surface area contributed by atoms with Crippen LogP contribution in [0.15, 0.2) is 66.7 Å². The van der Waals surface area contributed by atoms with Gasteiger partial charge in [-0.1, -0.05) is 12.1 Å². The number of aromatic carboxylic acids is 1. The third kappa shape index (κ3) is 5.62. The smallest absolute Gasteiger partial charge is 0.354 e. The van der Waals surface area contributed by atoms with Gasteiger partial charge in [-0.2, -0.15) is 0 Å². The van der Waals surface area contributed by atoms with Gasteiger partial charge in [0.25, 0.3) is 0 Å². The van der Waals surface area contributed by atoms with Crippen molar-refractivity contribution in [3.05, 3.63) is 107 Å². The predicted octanol–water partition coefficient (Wildman–Crippen LogP) is 5.57. The lowest BCUT2D eigenvalue weighted by molar-refractivity contribution is -0.0590. The zero-order chi connectivity index (χ0) is 28.5. The quantitative estimate of drug-likeness (QED) is 0.252. The Morgan fingerprint density at radius 1 is 1.00 bits per heavy atom. The van der Waals surface area contributed by atoms with Gasteiger partial charge in [0.05, 0.1) is 18.3 Å². The van der Waals surface area contributed by atoms with Gasteiger partial charge in [-0.3, -0.25) is 0 Å². The first-order chi connectivity index (χ1) is 19.8. The minimum Gasteiger partial charge on any atom is -0.477 e. The van der Waals surface area contributed by atoms with Crippen molar-refractivity contribution in [2.45, 2.75) is 32.1 Å². The molecule has 8 nitrogen and oxygen atoms in total. The molecule has 4 heterocycles. The van der Waals surface area contributed by atoms with E-state index in [-0.39, 0.29) is 41.8 Å².